The number of carbonyl (C=O) groups is 2. The van der Waals surface area contributed by atoms with Gasteiger partial charge in [0, 0.05) is 24.1 Å². The molecular weight excluding hydrogens is 526 g/mol. The summed E-state index contributed by atoms with van der Waals surface area (Å²) in [7, 11) is 0. The van der Waals surface area contributed by atoms with E-state index in [0.717, 1.165) is 36.8 Å². The number of amides is 2. The van der Waals surface area contributed by atoms with Gasteiger partial charge in [-0.1, -0.05) is 30.3 Å². The fourth-order valence-electron chi connectivity index (χ4n) is 6.36. The number of hydrogen-bond donors (Lipinski definition) is 2. The quantitative estimate of drug-likeness (QED) is 0.512. The minimum Gasteiger partial charge on any atom is -0.465 e. The second kappa shape index (κ2) is 10.3. The van der Waals surface area contributed by atoms with E-state index < -0.39 is 17.7 Å². The molecule has 1 saturated carbocycles. The van der Waals surface area contributed by atoms with Crippen molar-refractivity contribution in [2.45, 2.75) is 83.1 Å². The van der Waals surface area contributed by atoms with Crippen LogP contribution in [0.1, 0.15) is 69.3 Å². The molecule has 11 nitrogen and oxygen atoms in total. The molecule has 41 heavy (non-hydrogen) atoms. The number of carbonyl (C=O) groups excluding carboxylic acids is 1. The van der Waals surface area contributed by atoms with Gasteiger partial charge in [0.25, 0.3) is 0 Å². The number of hydrogen-bond acceptors (Lipinski definition) is 8. The van der Waals surface area contributed by atoms with Crippen molar-refractivity contribution < 1.29 is 29.3 Å². The summed E-state index contributed by atoms with van der Waals surface area (Å²) in [6.07, 6.45) is 2.71. The zero-order valence-electron chi connectivity index (χ0n) is 24.0. The average Bonchev–Trinajstić information content (AvgIpc) is 3.55. The largest absolute Gasteiger partial charge is 0.465 e. The Balaban J connectivity index is 1.34. The molecule has 0 radical (unpaired) electrons. The Morgan fingerprint density at radius 2 is 1.76 bits per heavy atom. The molecule has 2 saturated heterocycles. The van der Waals surface area contributed by atoms with Crippen LogP contribution in [0.4, 0.5) is 15.4 Å². The molecule has 1 aromatic heterocycles. The highest BCUT2D eigenvalue weighted by atomic mass is 16.6. The number of aromatic nitrogens is 2. The molecule has 4 heterocycles. The van der Waals surface area contributed by atoms with E-state index in [1.165, 1.54) is 4.90 Å². The molecule has 2 aromatic rings. The number of nitrogens with zero attached hydrogens (tertiary/aromatic N) is 5. The third-order valence-electron chi connectivity index (χ3n) is 8.72. The predicted molar refractivity (Wildman–Crippen MR) is 150 cm³/mol. The lowest BCUT2D eigenvalue weighted by Gasteiger charge is -2.42. The maximum atomic E-state index is 13.1. The molecule has 0 spiro atoms. The average molecular weight is 566 g/mol. The van der Waals surface area contributed by atoms with Gasteiger partial charge in [-0.2, -0.15) is 9.97 Å². The Hall–Kier alpha value is -3.60. The monoisotopic (exact) mass is 565 g/mol. The molecule has 2 N–H and O–H groups in total. The summed E-state index contributed by atoms with van der Waals surface area (Å²) in [5, 5.41) is 20.0. The first kappa shape index (κ1) is 27.6. The van der Waals surface area contributed by atoms with Gasteiger partial charge in [-0.05, 0) is 58.4 Å². The van der Waals surface area contributed by atoms with Gasteiger partial charge >= 0.3 is 18.2 Å². The minimum atomic E-state index is -1.01. The van der Waals surface area contributed by atoms with Crippen LogP contribution in [0.3, 0.4) is 0 Å². The first-order valence-corrected chi connectivity index (χ1v) is 14.5. The van der Waals surface area contributed by atoms with E-state index in [1.807, 2.05) is 56.0 Å². The van der Waals surface area contributed by atoms with Gasteiger partial charge in [-0.25, -0.2) is 9.59 Å². The second-order valence-electron chi connectivity index (χ2n) is 12.9. The van der Waals surface area contributed by atoms with Gasteiger partial charge in [0.2, 0.25) is 0 Å². The summed E-state index contributed by atoms with van der Waals surface area (Å²) in [4.78, 5) is 40.6. The maximum absolute atomic E-state index is 13.1. The minimum absolute atomic E-state index is 0.0349. The SMILES string of the molecule is CC(C)(C)OC(=O)N1C2CCC1CN(c1nc(OCC3(CO)CC3)nc3c1C(Cc1ccccc1)N(C(=O)O)C3)C2. The molecule has 11 heteroatoms. The second-order valence-corrected chi connectivity index (χ2v) is 12.9. The molecule has 3 atom stereocenters. The van der Waals surface area contributed by atoms with Crippen LogP contribution in [0.15, 0.2) is 30.3 Å². The first-order chi connectivity index (χ1) is 19.6. The molecule has 1 aromatic carbocycles. The number of piperazine rings is 1. The van der Waals surface area contributed by atoms with E-state index in [2.05, 4.69) is 4.90 Å². The van der Waals surface area contributed by atoms with Crippen LogP contribution in [0.25, 0.3) is 0 Å². The number of fused-ring (bicyclic) bond motifs is 3. The van der Waals surface area contributed by atoms with Crippen molar-refractivity contribution in [2.24, 2.45) is 5.41 Å². The van der Waals surface area contributed by atoms with Gasteiger partial charge in [-0.3, -0.25) is 9.80 Å². The zero-order valence-corrected chi connectivity index (χ0v) is 24.0. The molecule has 6 rings (SSSR count). The fraction of sp³-hybridized carbons (Fsp3) is 0.600. The number of rotatable bonds is 7. The number of carboxylic acid groups (broad SMARTS) is 1. The lowest BCUT2D eigenvalue weighted by Crippen LogP contribution is -2.57. The van der Waals surface area contributed by atoms with Crippen molar-refractivity contribution in [3.8, 4) is 6.01 Å². The molecule has 2 amide bonds. The summed E-state index contributed by atoms with van der Waals surface area (Å²) in [5.41, 5.74) is 1.65. The first-order valence-electron chi connectivity index (χ1n) is 14.5. The van der Waals surface area contributed by atoms with Crippen molar-refractivity contribution in [3.63, 3.8) is 0 Å². The van der Waals surface area contributed by atoms with Crippen LogP contribution < -0.4 is 9.64 Å². The molecule has 1 aliphatic carbocycles. The molecule has 2 bridgehead atoms. The zero-order chi connectivity index (χ0) is 28.9. The highest BCUT2D eigenvalue weighted by Crippen LogP contribution is 2.46. The lowest BCUT2D eigenvalue weighted by atomic mass is 9.99. The smallest absolute Gasteiger partial charge is 0.410 e. The standard InChI is InChI=1S/C30H39N5O6/c1-29(2,3)41-28(39)35-20-9-10-21(35)15-33(14-20)25-24-22(31-26(32-25)40-18-30(17-36)11-12-30)16-34(27(37)38)23(24)13-19-7-5-4-6-8-19/h4-8,20-21,23,36H,9-18H2,1-3H3,(H,37,38). The van der Waals surface area contributed by atoms with Crippen molar-refractivity contribution in [1.82, 2.24) is 19.8 Å². The van der Waals surface area contributed by atoms with Crippen LogP contribution in [0.2, 0.25) is 0 Å². The topological polar surface area (TPSA) is 129 Å². The number of aliphatic hydroxyl groups is 1. The third kappa shape index (κ3) is 5.51. The molecule has 4 aliphatic rings. The van der Waals surface area contributed by atoms with Crippen LogP contribution in [0, 0.1) is 5.41 Å². The third-order valence-corrected chi connectivity index (χ3v) is 8.72. The van der Waals surface area contributed by atoms with Gasteiger partial charge in [0.15, 0.2) is 0 Å². The van der Waals surface area contributed by atoms with Gasteiger partial charge in [0.1, 0.15) is 11.4 Å². The number of aliphatic hydroxyl groups excluding tert-OH is 1. The van der Waals surface area contributed by atoms with E-state index in [1.54, 1.807) is 0 Å². The summed E-state index contributed by atoms with van der Waals surface area (Å²) in [5.74, 6) is 0.671. The van der Waals surface area contributed by atoms with Gasteiger partial charge < -0.3 is 24.6 Å². The maximum Gasteiger partial charge on any atom is 0.410 e. The van der Waals surface area contributed by atoms with E-state index in [0.29, 0.717) is 37.6 Å². The fourth-order valence-corrected chi connectivity index (χ4v) is 6.36. The molecule has 3 fully saturated rings. The Bertz CT molecular complexity index is 1300. The van der Waals surface area contributed by atoms with Crippen molar-refractivity contribution in [1.29, 1.82) is 0 Å². The van der Waals surface area contributed by atoms with Gasteiger partial charge in [-0.15, -0.1) is 0 Å². The lowest BCUT2D eigenvalue weighted by molar-refractivity contribution is 0.0122. The Morgan fingerprint density at radius 3 is 2.34 bits per heavy atom. The summed E-state index contributed by atoms with van der Waals surface area (Å²) in [6.45, 7) is 7.25. The van der Waals surface area contributed by atoms with Crippen LogP contribution >= 0.6 is 0 Å². The summed E-state index contributed by atoms with van der Waals surface area (Å²) >= 11 is 0. The normalized spacial score (nSPS) is 24.3. The summed E-state index contributed by atoms with van der Waals surface area (Å²) < 4.78 is 11.8. The van der Waals surface area contributed by atoms with E-state index in [9.17, 15) is 19.8 Å². The number of anilines is 1. The number of benzene rings is 1. The molecule has 3 unspecified atom stereocenters. The van der Waals surface area contributed by atoms with Gasteiger partial charge in [0.05, 0.1) is 43.6 Å². The Labute approximate surface area is 240 Å². The van der Waals surface area contributed by atoms with E-state index in [-0.39, 0.29) is 42.8 Å². The van der Waals surface area contributed by atoms with E-state index >= 15 is 0 Å². The Kier molecular flexibility index (Phi) is 6.96. The Morgan fingerprint density at radius 1 is 1.07 bits per heavy atom. The molecule has 220 valence electrons. The van der Waals surface area contributed by atoms with Crippen LogP contribution in [-0.4, -0.2) is 86.2 Å². The van der Waals surface area contributed by atoms with E-state index in [4.69, 9.17) is 19.4 Å². The van der Waals surface area contributed by atoms with Crippen LogP contribution in [0.5, 0.6) is 6.01 Å². The highest BCUT2D eigenvalue weighted by molar-refractivity contribution is 5.71. The summed E-state index contributed by atoms with van der Waals surface area (Å²) in [6, 6.07) is 9.52. The van der Waals surface area contributed by atoms with Crippen molar-refractivity contribution in [3.05, 3.63) is 47.2 Å². The van der Waals surface area contributed by atoms with Crippen molar-refractivity contribution in [2.75, 3.05) is 31.2 Å². The van der Waals surface area contributed by atoms with Crippen molar-refractivity contribution >= 4 is 18.0 Å². The highest BCUT2D eigenvalue weighted by Gasteiger charge is 2.47. The predicted octanol–water partition coefficient (Wildman–Crippen LogP) is 3.99. The molecular formula is C30H39N5O6. The number of ether oxygens (including phenoxy) is 2. The van der Waals surface area contributed by atoms with Crippen LogP contribution in [-0.2, 0) is 17.7 Å². The molecule has 3 aliphatic heterocycles.